The van der Waals surface area contributed by atoms with E-state index in [4.69, 9.17) is 16.3 Å². The molecule has 1 heterocycles. The Kier molecular flexibility index (Phi) is 6.41. The molecule has 136 valence electrons. The zero-order valence-corrected chi connectivity index (χ0v) is 16.4. The number of ether oxygens (including phenoxy) is 1. The fourth-order valence-electron chi connectivity index (χ4n) is 2.59. The van der Waals surface area contributed by atoms with Crippen molar-refractivity contribution in [1.29, 1.82) is 0 Å². The van der Waals surface area contributed by atoms with Crippen molar-refractivity contribution < 1.29 is 4.74 Å². The van der Waals surface area contributed by atoms with Crippen LogP contribution in [0.4, 0.5) is 16.5 Å². The van der Waals surface area contributed by atoms with Crippen LogP contribution >= 0.6 is 22.9 Å². The molecule has 0 saturated heterocycles. The number of halogens is 1. The molecule has 26 heavy (non-hydrogen) atoms. The van der Waals surface area contributed by atoms with Gasteiger partial charge in [-0.25, -0.2) is 4.98 Å². The van der Waals surface area contributed by atoms with Crippen LogP contribution in [-0.4, -0.2) is 30.6 Å². The van der Waals surface area contributed by atoms with Gasteiger partial charge in [-0.3, -0.25) is 0 Å². The SMILES string of the molecule is CCOc1ccc2nc(N=Nc3ccc(N(CC)CCCl)cc3)sc2c1. The van der Waals surface area contributed by atoms with E-state index in [1.807, 2.05) is 49.4 Å². The summed E-state index contributed by atoms with van der Waals surface area (Å²) in [5, 5.41) is 9.21. The van der Waals surface area contributed by atoms with Crippen molar-refractivity contribution in [1.82, 2.24) is 4.98 Å². The molecule has 0 aliphatic carbocycles. The van der Waals surface area contributed by atoms with Crippen LogP contribution in [0, 0.1) is 0 Å². The van der Waals surface area contributed by atoms with Crippen molar-refractivity contribution in [2.75, 3.05) is 30.5 Å². The minimum atomic E-state index is 0.609. The number of aromatic nitrogens is 1. The summed E-state index contributed by atoms with van der Waals surface area (Å²) in [6.45, 7) is 6.48. The minimum Gasteiger partial charge on any atom is -0.494 e. The van der Waals surface area contributed by atoms with Gasteiger partial charge in [0.15, 0.2) is 0 Å². The molecule has 0 atom stereocenters. The molecule has 0 aliphatic heterocycles. The number of thiazole rings is 1. The Morgan fingerprint density at radius 2 is 1.92 bits per heavy atom. The number of nitrogens with zero attached hydrogens (tertiary/aromatic N) is 4. The van der Waals surface area contributed by atoms with Crippen molar-refractivity contribution in [3.8, 4) is 5.75 Å². The molecule has 2 aromatic carbocycles. The lowest BCUT2D eigenvalue weighted by Crippen LogP contribution is -2.24. The molecule has 0 saturated carbocycles. The van der Waals surface area contributed by atoms with Crippen LogP contribution in [0.3, 0.4) is 0 Å². The number of hydrogen-bond acceptors (Lipinski definition) is 6. The van der Waals surface area contributed by atoms with Crippen LogP contribution in [0.2, 0.25) is 0 Å². The summed E-state index contributed by atoms with van der Waals surface area (Å²) in [5.74, 6) is 1.46. The van der Waals surface area contributed by atoms with E-state index in [1.165, 1.54) is 11.3 Å². The summed E-state index contributed by atoms with van der Waals surface area (Å²) in [7, 11) is 0. The molecule has 0 aliphatic rings. The van der Waals surface area contributed by atoms with Gasteiger partial charge >= 0.3 is 0 Å². The summed E-state index contributed by atoms with van der Waals surface area (Å²) in [4.78, 5) is 6.71. The van der Waals surface area contributed by atoms with Gasteiger partial charge in [0.2, 0.25) is 5.13 Å². The molecule has 0 N–H and O–H groups in total. The van der Waals surface area contributed by atoms with Gasteiger partial charge in [0.25, 0.3) is 0 Å². The van der Waals surface area contributed by atoms with Crippen molar-refractivity contribution in [2.45, 2.75) is 13.8 Å². The highest BCUT2D eigenvalue weighted by Crippen LogP contribution is 2.32. The van der Waals surface area contributed by atoms with Crippen LogP contribution in [0.5, 0.6) is 5.75 Å². The first kappa shape index (κ1) is 18.6. The third kappa shape index (κ3) is 4.51. The summed E-state index contributed by atoms with van der Waals surface area (Å²) in [6, 6.07) is 13.8. The van der Waals surface area contributed by atoms with Crippen LogP contribution in [-0.2, 0) is 0 Å². The number of azo groups is 1. The lowest BCUT2D eigenvalue weighted by atomic mass is 10.2. The number of rotatable bonds is 8. The Bertz CT molecular complexity index is 879. The van der Waals surface area contributed by atoms with E-state index in [1.54, 1.807) is 0 Å². The Balaban J connectivity index is 1.73. The fourth-order valence-corrected chi connectivity index (χ4v) is 3.61. The highest BCUT2D eigenvalue weighted by atomic mass is 35.5. The van der Waals surface area contributed by atoms with Crippen LogP contribution in [0.25, 0.3) is 10.2 Å². The average molecular weight is 389 g/mol. The molecule has 7 heteroatoms. The normalized spacial score (nSPS) is 11.3. The van der Waals surface area contributed by atoms with Crippen LogP contribution < -0.4 is 9.64 Å². The molecule has 1 aromatic heterocycles. The van der Waals surface area contributed by atoms with E-state index < -0.39 is 0 Å². The molecular formula is C19H21ClN4OS. The van der Waals surface area contributed by atoms with E-state index in [0.717, 1.165) is 40.4 Å². The standard InChI is InChI=1S/C19H21ClN4OS/c1-3-24(12-11-20)15-7-5-14(6-8-15)22-23-19-21-17-10-9-16(25-4-2)13-18(17)26-19/h5-10,13H,3-4,11-12H2,1-2H3. The maximum absolute atomic E-state index is 5.85. The van der Waals surface area contributed by atoms with E-state index >= 15 is 0 Å². The Morgan fingerprint density at radius 3 is 2.62 bits per heavy atom. The second kappa shape index (κ2) is 8.96. The predicted octanol–water partition coefficient (Wildman–Crippen LogP) is 6.18. The monoisotopic (exact) mass is 388 g/mol. The zero-order chi connectivity index (χ0) is 18.4. The third-order valence-corrected chi connectivity index (χ3v) is 4.93. The second-order valence-electron chi connectivity index (χ2n) is 5.54. The van der Waals surface area contributed by atoms with Crippen molar-refractivity contribution in [3.05, 3.63) is 42.5 Å². The lowest BCUT2D eigenvalue weighted by Gasteiger charge is -2.21. The summed E-state index contributed by atoms with van der Waals surface area (Å²) in [5.41, 5.74) is 2.84. The number of anilines is 1. The largest absolute Gasteiger partial charge is 0.494 e. The number of fused-ring (bicyclic) bond motifs is 1. The van der Waals surface area contributed by atoms with Gasteiger partial charge in [-0.05, 0) is 56.3 Å². The van der Waals surface area contributed by atoms with Gasteiger partial charge < -0.3 is 9.64 Å². The van der Waals surface area contributed by atoms with Gasteiger partial charge in [0, 0.05) is 24.7 Å². The summed E-state index contributed by atoms with van der Waals surface area (Å²) >= 11 is 7.35. The molecule has 3 rings (SSSR count). The molecule has 0 spiro atoms. The summed E-state index contributed by atoms with van der Waals surface area (Å²) < 4.78 is 6.56. The molecule has 0 fully saturated rings. The Hall–Kier alpha value is -2.18. The first-order chi connectivity index (χ1) is 12.7. The molecule has 3 aromatic rings. The van der Waals surface area contributed by atoms with Gasteiger partial charge in [-0.1, -0.05) is 11.3 Å². The van der Waals surface area contributed by atoms with Gasteiger partial charge in [-0.15, -0.1) is 21.8 Å². The number of alkyl halides is 1. The lowest BCUT2D eigenvalue weighted by molar-refractivity contribution is 0.341. The van der Waals surface area contributed by atoms with Crippen molar-refractivity contribution >= 4 is 49.7 Å². The molecule has 0 bridgehead atoms. The third-order valence-electron chi connectivity index (χ3n) is 3.86. The second-order valence-corrected chi connectivity index (χ2v) is 6.93. The van der Waals surface area contributed by atoms with Crippen molar-refractivity contribution in [2.24, 2.45) is 10.2 Å². The first-order valence-corrected chi connectivity index (χ1v) is 9.94. The average Bonchev–Trinajstić information content (AvgIpc) is 3.07. The fraction of sp³-hybridized carbons (Fsp3) is 0.316. The molecule has 0 radical (unpaired) electrons. The van der Waals surface area contributed by atoms with Gasteiger partial charge in [-0.2, -0.15) is 0 Å². The van der Waals surface area contributed by atoms with E-state index in [-0.39, 0.29) is 0 Å². The maximum atomic E-state index is 5.85. The number of benzene rings is 2. The predicted molar refractivity (Wildman–Crippen MR) is 110 cm³/mol. The molecule has 5 nitrogen and oxygen atoms in total. The van der Waals surface area contributed by atoms with Gasteiger partial charge in [0.1, 0.15) is 5.75 Å². The molecular weight excluding hydrogens is 368 g/mol. The maximum Gasteiger partial charge on any atom is 0.231 e. The quantitative estimate of drug-likeness (QED) is 0.342. The molecule has 0 amide bonds. The van der Waals surface area contributed by atoms with E-state index in [2.05, 4.69) is 27.0 Å². The number of hydrogen-bond donors (Lipinski definition) is 0. The topological polar surface area (TPSA) is 50.1 Å². The van der Waals surface area contributed by atoms with Crippen LogP contribution in [0.15, 0.2) is 52.7 Å². The zero-order valence-electron chi connectivity index (χ0n) is 14.9. The van der Waals surface area contributed by atoms with Crippen molar-refractivity contribution in [3.63, 3.8) is 0 Å². The Morgan fingerprint density at radius 1 is 1.12 bits per heavy atom. The van der Waals surface area contributed by atoms with Crippen LogP contribution in [0.1, 0.15) is 13.8 Å². The minimum absolute atomic E-state index is 0.609. The molecule has 0 unspecified atom stereocenters. The highest BCUT2D eigenvalue weighted by molar-refractivity contribution is 7.21. The van der Waals surface area contributed by atoms with E-state index in [0.29, 0.717) is 17.6 Å². The summed E-state index contributed by atoms with van der Waals surface area (Å²) in [6.07, 6.45) is 0. The highest BCUT2D eigenvalue weighted by Gasteiger charge is 2.05. The smallest absolute Gasteiger partial charge is 0.231 e. The van der Waals surface area contributed by atoms with Gasteiger partial charge in [0.05, 0.1) is 22.5 Å². The van der Waals surface area contributed by atoms with E-state index in [9.17, 15) is 0 Å². The first-order valence-electron chi connectivity index (χ1n) is 8.59. The Labute approximate surface area is 162 Å².